The van der Waals surface area contributed by atoms with Crippen molar-refractivity contribution >= 4 is 23.2 Å². The minimum atomic E-state index is -0.376. The lowest BCUT2D eigenvalue weighted by molar-refractivity contribution is 0.0927. The van der Waals surface area contributed by atoms with Crippen molar-refractivity contribution in [1.29, 1.82) is 5.26 Å². The van der Waals surface area contributed by atoms with Crippen LogP contribution in [0.25, 0.3) is 11.3 Å². The second-order valence-electron chi connectivity index (χ2n) is 8.54. The minimum absolute atomic E-state index is 0.0621. The summed E-state index contributed by atoms with van der Waals surface area (Å²) in [6.07, 6.45) is 5.43. The lowest BCUT2D eigenvalue weighted by Gasteiger charge is -2.23. The Balaban J connectivity index is 1.41. The topological polar surface area (TPSA) is 133 Å². The molecule has 1 saturated carbocycles. The number of carbonyl (C=O) groups is 2. The monoisotopic (exact) mass is 468 g/mol. The van der Waals surface area contributed by atoms with E-state index in [2.05, 4.69) is 27.0 Å². The number of nitrogen functional groups attached to an aromatic ring is 1. The van der Waals surface area contributed by atoms with Gasteiger partial charge in [0.2, 0.25) is 0 Å². The van der Waals surface area contributed by atoms with Crippen LogP contribution in [-0.2, 0) is 0 Å². The van der Waals surface area contributed by atoms with Crippen LogP contribution < -0.4 is 21.7 Å². The third kappa shape index (κ3) is 5.95. The van der Waals surface area contributed by atoms with Crippen LogP contribution in [0.4, 0.5) is 11.4 Å². The molecule has 8 heteroatoms. The molecule has 1 aromatic heterocycles. The van der Waals surface area contributed by atoms with Gasteiger partial charge in [-0.25, -0.2) is 4.98 Å². The van der Waals surface area contributed by atoms with Gasteiger partial charge in [0.15, 0.2) is 0 Å². The number of nitrogens with one attached hydrogen (secondary N) is 3. The quantitative estimate of drug-likeness (QED) is 0.305. The Kier molecular flexibility index (Phi) is 7.58. The molecule has 3 aromatic rings. The van der Waals surface area contributed by atoms with Gasteiger partial charge >= 0.3 is 0 Å². The first-order chi connectivity index (χ1) is 17.0. The number of para-hydroxylation sites is 1. The van der Waals surface area contributed by atoms with E-state index >= 15 is 0 Å². The van der Waals surface area contributed by atoms with Gasteiger partial charge in [-0.2, -0.15) is 5.26 Å². The number of amides is 2. The summed E-state index contributed by atoms with van der Waals surface area (Å²) in [5, 5.41) is 18.1. The number of benzene rings is 2. The molecule has 0 atom stereocenters. The largest absolute Gasteiger partial charge is 0.397 e. The van der Waals surface area contributed by atoms with E-state index in [4.69, 9.17) is 11.0 Å². The zero-order valence-electron chi connectivity index (χ0n) is 19.4. The van der Waals surface area contributed by atoms with E-state index in [-0.39, 0.29) is 30.2 Å². The Labute approximate surface area is 204 Å². The molecule has 1 aliphatic rings. The maximum absolute atomic E-state index is 12.9. The zero-order valence-corrected chi connectivity index (χ0v) is 19.4. The highest BCUT2D eigenvalue weighted by Crippen LogP contribution is 2.25. The van der Waals surface area contributed by atoms with Gasteiger partial charge in [-0.05, 0) is 49.2 Å². The highest BCUT2D eigenvalue weighted by molar-refractivity contribution is 6.02. The number of anilines is 2. The van der Waals surface area contributed by atoms with Crippen molar-refractivity contribution in [3.8, 4) is 17.3 Å². The molecule has 2 amide bonds. The average molecular weight is 469 g/mol. The molecule has 0 saturated heterocycles. The van der Waals surface area contributed by atoms with Crippen molar-refractivity contribution in [2.75, 3.05) is 17.7 Å². The van der Waals surface area contributed by atoms with E-state index < -0.39 is 0 Å². The average Bonchev–Trinajstić information content (AvgIpc) is 2.90. The lowest BCUT2D eigenvalue weighted by atomic mass is 9.95. The van der Waals surface area contributed by atoms with Crippen LogP contribution in [0.3, 0.4) is 0 Å². The molecule has 0 bridgehead atoms. The van der Waals surface area contributed by atoms with Gasteiger partial charge in [0, 0.05) is 11.6 Å². The number of hydrogen-bond donors (Lipinski definition) is 4. The standard InChI is InChI=1S/C27H28N6O2/c28-16-18-7-4-8-19(15-18)23-13-6-14-24(33-23)27(35)31-17-30-25-21(11-5-12-22(25)29)26(34)32-20-9-2-1-3-10-20/h4-8,11-15,20,30H,1-3,9-10,17,29H2,(H,31,35)(H,32,34). The van der Waals surface area contributed by atoms with Crippen molar-refractivity contribution < 1.29 is 9.59 Å². The van der Waals surface area contributed by atoms with Crippen LogP contribution in [-0.4, -0.2) is 29.5 Å². The summed E-state index contributed by atoms with van der Waals surface area (Å²) in [6.45, 7) is 0.0621. The molecule has 4 rings (SSSR count). The van der Waals surface area contributed by atoms with Crippen LogP contribution in [0.1, 0.15) is 58.5 Å². The smallest absolute Gasteiger partial charge is 0.271 e. The van der Waals surface area contributed by atoms with Crippen molar-refractivity contribution in [2.45, 2.75) is 38.1 Å². The van der Waals surface area contributed by atoms with Gasteiger partial charge < -0.3 is 21.7 Å². The first-order valence-electron chi connectivity index (χ1n) is 11.7. The summed E-state index contributed by atoms with van der Waals surface area (Å²) >= 11 is 0. The van der Waals surface area contributed by atoms with E-state index in [1.54, 1.807) is 54.6 Å². The van der Waals surface area contributed by atoms with Crippen LogP contribution in [0, 0.1) is 11.3 Å². The molecule has 178 valence electrons. The summed E-state index contributed by atoms with van der Waals surface area (Å²) in [6, 6.07) is 19.7. The van der Waals surface area contributed by atoms with E-state index in [1.807, 2.05) is 6.07 Å². The molecule has 5 N–H and O–H groups in total. The number of aromatic nitrogens is 1. The zero-order chi connectivity index (χ0) is 24.6. The van der Waals surface area contributed by atoms with E-state index in [0.717, 1.165) is 31.2 Å². The Hall–Kier alpha value is -4.38. The second-order valence-corrected chi connectivity index (χ2v) is 8.54. The van der Waals surface area contributed by atoms with E-state index in [0.29, 0.717) is 28.2 Å². The molecule has 0 radical (unpaired) electrons. The highest BCUT2D eigenvalue weighted by atomic mass is 16.2. The first kappa shape index (κ1) is 23.8. The maximum Gasteiger partial charge on any atom is 0.271 e. The molecule has 0 aliphatic heterocycles. The predicted molar refractivity (Wildman–Crippen MR) is 136 cm³/mol. The Bertz CT molecular complexity index is 1260. The number of nitriles is 1. The third-order valence-corrected chi connectivity index (χ3v) is 6.06. The van der Waals surface area contributed by atoms with Gasteiger partial charge in [-0.1, -0.05) is 43.5 Å². The van der Waals surface area contributed by atoms with Gasteiger partial charge in [0.25, 0.3) is 11.8 Å². The third-order valence-electron chi connectivity index (χ3n) is 6.06. The lowest BCUT2D eigenvalue weighted by Crippen LogP contribution is -2.37. The summed E-state index contributed by atoms with van der Waals surface area (Å²) in [4.78, 5) is 30.1. The Morgan fingerprint density at radius 2 is 1.77 bits per heavy atom. The second kappa shape index (κ2) is 11.2. The summed E-state index contributed by atoms with van der Waals surface area (Å²) in [5.41, 5.74) is 9.60. The molecule has 1 heterocycles. The summed E-state index contributed by atoms with van der Waals surface area (Å²) in [7, 11) is 0. The minimum Gasteiger partial charge on any atom is -0.397 e. The van der Waals surface area contributed by atoms with Crippen molar-refractivity contribution in [1.82, 2.24) is 15.6 Å². The molecule has 1 aliphatic carbocycles. The number of nitrogens with two attached hydrogens (primary N) is 1. The molecular weight excluding hydrogens is 440 g/mol. The summed E-state index contributed by atoms with van der Waals surface area (Å²) in [5.74, 6) is -0.550. The van der Waals surface area contributed by atoms with E-state index in [1.165, 1.54) is 6.42 Å². The van der Waals surface area contributed by atoms with Gasteiger partial charge in [0.1, 0.15) is 5.69 Å². The first-order valence-corrected chi connectivity index (χ1v) is 11.7. The van der Waals surface area contributed by atoms with E-state index in [9.17, 15) is 9.59 Å². The molecule has 0 unspecified atom stereocenters. The number of nitrogens with zero attached hydrogens (tertiary/aromatic N) is 2. The SMILES string of the molecule is N#Cc1cccc(-c2cccc(C(=O)NCNc3c(N)cccc3C(=O)NC3CCCCC3)n2)c1. The van der Waals surface area contributed by atoms with Crippen LogP contribution in [0.2, 0.25) is 0 Å². The molecule has 1 fully saturated rings. The van der Waals surface area contributed by atoms with Gasteiger partial charge in [-0.15, -0.1) is 0 Å². The number of hydrogen-bond acceptors (Lipinski definition) is 6. The molecular formula is C27H28N6O2. The fraction of sp³-hybridized carbons (Fsp3) is 0.259. The summed E-state index contributed by atoms with van der Waals surface area (Å²) < 4.78 is 0. The molecule has 35 heavy (non-hydrogen) atoms. The van der Waals surface area contributed by atoms with Crippen LogP contribution in [0.5, 0.6) is 0 Å². The predicted octanol–water partition coefficient (Wildman–Crippen LogP) is 4.06. The highest BCUT2D eigenvalue weighted by Gasteiger charge is 2.20. The fourth-order valence-corrected chi connectivity index (χ4v) is 4.24. The number of carbonyl (C=O) groups excluding carboxylic acids is 2. The number of pyridine rings is 1. The van der Waals surface area contributed by atoms with Crippen molar-refractivity contribution in [3.63, 3.8) is 0 Å². The fourth-order valence-electron chi connectivity index (χ4n) is 4.24. The molecule has 0 spiro atoms. The Morgan fingerprint density at radius 1 is 1.00 bits per heavy atom. The van der Waals surface area contributed by atoms with Gasteiger partial charge in [0.05, 0.1) is 40.9 Å². The number of rotatable bonds is 7. The van der Waals surface area contributed by atoms with Gasteiger partial charge in [-0.3, -0.25) is 9.59 Å². The van der Waals surface area contributed by atoms with Crippen molar-refractivity contribution in [2.24, 2.45) is 0 Å². The van der Waals surface area contributed by atoms with Crippen LogP contribution >= 0.6 is 0 Å². The van der Waals surface area contributed by atoms with Crippen LogP contribution in [0.15, 0.2) is 60.7 Å². The normalized spacial score (nSPS) is 13.5. The van der Waals surface area contributed by atoms with Crippen molar-refractivity contribution in [3.05, 3.63) is 77.5 Å². The maximum atomic E-state index is 12.9. The molecule has 2 aromatic carbocycles. The Morgan fingerprint density at radius 3 is 2.57 bits per heavy atom. The molecule has 8 nitrogen and oxygen atoms in total.